The van der Waals surface area contributed by atoms with Gasteiger partial charge in [0.2, 0.25) is 26.6 Å². The van der Waals surface area contributed by atoms with Crippen LogP contribution in [0.3, 0.4) is 0 Å². The van der Waals surface area contributed by atoms with E-state index in [-0.39, 0.29) is 34.5 Å². The third-order valence-corrected chi connectivity index (χ3v) is 9.40. The molecule has 2 fully saturated rings. The molecule has 0 aromatic heterocycles. The van der Waals surface area contributed by atoms with E-state index >= 15 is 0 Å². The summed E-state index contributed by atoms with van der Waals surface area (Å²) in [5, 5.41) is 13.1. The standard InChI is InChI=1S/C22H23Cl3N4O5S/c23-14-3-1-13(2-4-14)9-18-21(32)28(7-8-30)12-22(27-11-17(26)20(31)29(18)22)35(33,34)19-6-5-15(24)10-16(19)25/h1-6,10,17-18,27,30H,7-9,11-12,26H2. The maximum absolute atomic E-state index is 14.2. The Kier molecular flexibility index (Phi) is 7.36. The topological polar surface area (TPSA) is 133 Å². The molecule has 2 heterocycles. The van der Waals surface area contributed by atoms with Gasteiger partial charge < -0.3 is 15.7 Å². The average molecular weight is 562 g/mol. The van der Waals surface area contributed by atoms with E-state index in [9.17, 15) is 23.1 Å². The molecule has 2 saturated heterocycles. The molecule has 2 aliphatic rings. The normalized spacial score (nSPS) is 25.1. The zero-order valence-electron chi connectivity index (χ0n) is 18.3. The molecule has 9 nitrogen and oxygen atoms in total. The van der Waals surface area contributed by atoms with Crippen molar-refractivity contribution in [3.8, 4) is 0 Å². The SMILES string of the molecule is NC1CNC2(S(=O)(=O)c3ccc(Cl)cc3Cl)CN(CCO)C(=O)C(Cc3ccc(Cl)cc3)N2C1=O. The van der Waals surface area contributed by atoms with E-state index in [0.29, 0.717) is 10.6 Å². The number of carbonyl (C=O) groups is 2. The third-order valence-electron chi connectivity index (χ3n) is 6.20. The molecular formula is C22H23Cl3N4O5S. The fourth-order valence-electron chi connectivity index (χ4n) is 4.51. The van der Waals surface area contributed by atoms with Crippen molar-refractivity contribution >= 4 is 56.5 Å². The number of benzene rings is 2. The Morgan fingerprint density at radius 3 is 2.34 bits per heavy atom. The molecule has 13 heteroatoms. The highest BCUT2D eigenvalue weighted by molar-refractivity contribution is 7.93. The molecule has 3 unspecified atom stereocenters. The number of fused-ring (bicyclic) bond motifs is 1. The number of hydrogen-bond acceptors (Lipinski definition) is 7. The molecule has 188 valence electrons. The van der Waals surface area contributed by atoms with Gasteiger partial charge in [0.25, 0.3) is 0 Å². The van der Waals surface area contributed by atoms with Crippen molar-refractivity contribution in [2.24, 2.45) is 5.73 Å². The van der Waals surface area contributed by atoms with Gasteiger partial charge in [-0.1, -0.05) is 46.9 Å². The van der Waals surface area contributed by atoms with E-state index in [4.69, 9.17) is 40.5 Å². The molecule has 2 amide bonds. The number of amides is 2. The van der Waals surface area contributed by atoms with Gasteiger partial charge in [0.15, 0.2) is 0 Å². The average Bonchev–Trinajstić information content (AvgIpc) is 2.80. The molecule has 0 aliphatic carbocycles. The van der Waals surface area contributed by atoms with Crippen LogP contribution in [0.25, 0.3) is 0 Å². The Morgan fingerprint density at radius 2 is 1.71 bits per heavy atom. The summed E-state index contributed by atoms with van der Waals surface area (Å²) in [5.74, 6) is -1.19. The summed E-state index contributed by atoms with van der Waals surface area (Å²) in [7, 11) is -4.44. The van der Waals surface area contributed by atoms with Crippen LogP contribution in [-0.4, -0.2) is 78.5 Å². The number of carbonyl (C=O) groups excluding carboxylic acids is 2. The second kappa shape index (κ2) is 9.85. The Balaban J connectivity index is 1.90. The van der Waals surface area contributed by atoms with Crippen LogP contribution in [0.4, 0.5) is 0 Å². The Morgan fingerprint density at radius 1 is 1.06 bits per heavy atom. The lowest BCUT2D eigenvalue weighted by Gasteiger charge is -2.56. The first-order valence-electron chi connectivity index (χ1n) is 10.7. The minimum Gasteiger partial charge on any atom is -0.395 e. The number of aliphatic hydroxyl groups is 1. The van der Waals surface area contributed by atoms with Gasteiger partial charge in [-0.25, -0.2) is 8.42 Å². The number of nitrogens with zero attached hydrogens (tertiary/aromatic N) is 2. The summed E-state index contributed by atoms with van der Waals surface area (Å²) < 4.78 is 28.4. The largest absolute Gasteiger partial charge is 0.395 e. The zero-order chi connectivity index (χ0) is 25.5. The number of aliphatic hydroxyl groups excluding tert-OH is 1. The third kappa shape index (κ3) is 4.53. The molecule has 0 radical (unpaired) electrons. The highest BCUT2D eigenvalue weighted by Gasteiger charge is 2.62. The van der Waals surface area contributed by atoms with Crippen LogP contribution in [0.5, 0.6) is 0 Å². The summed E-state index contributed by atoms with van der Waals surface area (Å²) >= 11 is 18.2. The minimum absolute atomic E-state index is 0.00366. The molecule has 35 heavy (non-hydrogen) atoms. The lowest BCUT2D eigenvalue weighted by atomic mass is 9.97. The first-order chi connectivity index (χ1) is 16.5. The van der Waals surface area contributed by atoms with Gasteiger partial charge in [0, 0.05) is 29.6 Å². The second-order valence-corrected chi connectivity index (χ2v) is 11.8. The van der Waals surface area contributed by atoms with Gasteiger partial charge >= 0.3 is 0 Å². The van der Waals surface area contributed by atoms with Crippen molar-refractivity contribution < 1.29 is 23.1 Å². The smallest absolute Gasteiger partial charge is 0.246 e. The van der Waals surface area contributed by atoms with Gasteiger partial charge in [-0.05, 0) is 35.9 Å². The predicted octanol–water partition coefficient (Wildman–Crippen LogP) is 1.28. The van der Waals surface area contributed by atoms with Gasteiger partial charge in [-0.3, -0.25) is 19.8 Å². The number of nitrogens with one attached hydrogen (secondary N) is 1. The van der Waals surface area contributed by atoms with Crippen molar-refractivity contribution in [1.29, 1.82) is 0 Å². The molecule has 4 N–H and O–H groups in total. The maximum atomic E-state index is 14.2. The van der Waals surface area contributed by atoms with Crippen LogP contribution in [0.15, 0.2) is 47.4 Å². The fourth-order valence-corrected chi connectivity index (χ4v) is 7.35. The second-order valence-electron chi connectivity index (χ2n) is 8.39. The van der Waals surface area contributed by atoms with Crippen molar-refractivity contribution in [3.63, 3.8) is 0 Å². The molecule has 3 atom stereocenters. The van der Waals surface area contributed by atoms with Crippen LogP contribution >= 0.6 is 34.8 Å². The van der Waals surface area contributed by atoms with E-state index in [2.05, 4.69) is 5.32 Å². The number of rotatable bonds is 6. The maximum Gasteiger partial charge on any atom is 0.246 e. The molecule has 2 aliphatic heterocycles. The minimum atomic E-state index is -4.44. The number of hydrogen-bond donors (Lipinski definition) is 3. The zero-order valence-corrected chi connectivity index (χ0v) is 21.4. The number of halogens is 3. The van der Waals surface area contributed by atoms with E-state index in [1.807, 2.05) is 0 Å². The first kappa shape index (κ1) is 26.2. The first-order valence-corrected chi connectivity index (χ1v) is 13.3. The van der Waals surface area contributed by atoms with Crippen molar-refractivity contribution in [2.75, 3.05) is 26.2 Å². The highest BCUT2D eigenvalue weighted by Crippen LogP contribution is 2.40. The van der Waals surface area contributed by atoms with Crippen LogP contribution in [0.2, 0.25) is 15.1 Å². The van der Waals surface area contributed by atoms with Crippen LogP contribution in [0, 0.1) is 0 Å². The van der Waals surface area contributed by atoms with Crippen molar-refractivity contribution in [1.82, 2.24) is 15.1 Å². The summed E-state index contributed by atoms with van der Waals surface area (Å²) in [5.41, 5.74) is 6.67. The molecule has 2 aromatic rings. The molecular weight excluding hydrogens is 539 g/mol. The lowest BCUT2D eigenvalue weighted by Crippen LogP contribution is -2.83. The van der Waals surface area contributed by atoms with Crippen LogP contribution in [0.1, 0.15) is 5.56 Å². The number of β-amino-alcohol motifs (C(OH)–C–C–N with tert-alkyl or cyclic N) is 1. The van der Waals surface area contributed by atoms with Gasteiger partial charge in [-0.2, -0.15) is 0 Å². The van der Waals surface area contributed by atoms with Gasteiger partial charge in [-0.15, -0.1) is 0 Å². The van der Waals surface area contributed by atoms with E-state index in [0.717, 1.165) is 4.90 Å². The molecule has 4 rings (SSSR count). The van der Waals surface area contributed by atoms with Gasteiger partial charge in [0.1, 0.15) is 6.04 Å². The summed E-state index contributed by atoms with van der Waals surface area (Å²) in [6, 6.07) is 8.29. The van der Waals surface area contributed by atoms with Gasteiger partial charge in [0.05, 0.1) is 29.1 Å². The molecule has 2 aromatic carbocycles. The Labute approximate surface area is 217 Å². The van der Waals surface area contributed by atoms with E-state index in [1.54, 1.807) is 24.3 Å². The highest BCUT2D eigenvalue weighted by atomic mass is 35.5. The van der Waals surface area contributed by atoms with Crippen molar-refractivity contribution in [3.05, 3.63) is 63.1 Å². The predicted molar refractivity (Wildman–Crippen MR) is 132 cm³/mol. The van der Waals surface area contributed by atoms with Crippen LogP contribution in [-0.2, 0) is 25.8 Å². The molecule has 0 spiro atoms. The van der Waals surface area contributed by atoms with Crippen molar-refractivity contribution in [2.45, 2.75) is 28.4 Å². The van der Waals surface area contributed by atoms with E-state index < -0.39 is 51.9 Å². The Hall–Kier alpha value is -1.92. The number of sulfone groups is 1. The van der Waals surface area contributed by atoms with Crippen LogP contribution < -0.4 is 11.1 Å². The summed E-state index contributed by atoms with van der Waals surface area (Å²) in [6.07, 6.45) is 0.00366. The summed E-state index contributed by atoms with van der Waals surface area (Å²) in [6.45, 7) is -1.10. The van der Waals surface area contributed by atoms with E-state index in [1.165, 1.54) is 23.1 Å². The molecule has 0 saturated carbocycles. The Bertz CT molecular complexity index is 1260. The fraction of sp³-hybridized carbons (Fsp3) is 0.364. The summed E-state index contributed by atoms with van der Waals surface area (Å²) in [4.78, 5) is 26.9. The monoisotopic (exact) mass is 560 g/mol. The number of nitrogens with two attached hydrogens (primary N) is 1. The lowest BCUT2D eigenvalue weighted by molar-refractivity contribution is -0.164. The molecule has 0 bridgehead atoms. The number of piperazine rings is 1. The quantitative estimate of drug-likeness (QED) is 0.484.